The van der Waals surface area contributed by atoms with Crippen molar-refractivity contribution in [3.05, 3.63) is 77.5 Å². The van der Waals surface area contributed by atoms with Crippen LogP contribution in [0.5, 0.6) is 0 Å². The maximum Gasteiger partial charge on any atom is 0.328 e. The molecule has 3 aromatic rings. The lowest BCUT2D eigenvalue weighted by molar-refractivity contribution is -0.142. The Morgan fingerprint density at radius 3 is 2.59 bits per heavy atom. The second kappa shape index (κ2) is 8.11. The molecule has 0 fully saturated rings. The molecule has 134 valence electrons. The summed E-state index contributed by atoms with van der Waals surface area (Å²) >= 11 is 0. The van der Waals surface area contributed by atoms with Crippen LogP contribution in [0.3, 0.4) is 0 Å². The number of fused-ring (bicyclic) bond motifs is 1. The molecule has 0 radical (unpaired) electrons. The van der Waals surface area contributed by atoms with Gasteiger partial charge in [-0.2, -0.15) is 5.26 Å². The molecule has 0 unspecified atom stereocenters. The second-order valence-corrected chi connectivity index (χ2v) is 5.94. The summed E-state index contributed by atoms with van der Waals surface area (Å²) in [4.78, 5) is 29.2. The van der Waals surface area contributed by atoms with Crippen molar-refractivity contribution in [1.29, 1.82) is 5.26 Å². The Hall–Kier alpha value is -3.72. The number of hydrogen-bond donors (Lipinski definition) is 1. The highest BCUT2D eigenvalue weighted by Gasteiger charge is 2.23. The maximum atomic E-state index is 12.8. The van der Waals surface area contributed by atoms with E-state index in [-0.39, 0.29) is 6.42 Å². The third kappa shape index (κ3) is 4.10. The largest absolute Gasteiger partial charge is 0.467 e. The predicted octanol–water partition coefficient (Wildman–Crippen LogP) is 2.62. The minimum absolute atomic E-state index is 0.252. The third-order valence-corrected chi connectivity index (χ3v) is 4.19. The van der Waals surface area contributed by atoms with Crippen molar-refractivity contribution in [2.45, 2.75) is 12.5 Å². The van der Waals surface area contributed by atoms with Gasteiger partial charge in [-0.05, 0) is 29.8 Å². The van der Waals surface area contributed by atoms with E-state index in [1.165, 1.54) is 7.11 Å². The van der Waals surface area contributed by atoms with E-state index in [0.717, 1.165) is 10.9 Å². The molecule has 1 atom stereocenters. The monoisotopic (exact) mass is 359 g/mol. The van der Waals surface area contributed by atoms with Crippen LogP contribution in [0.25, 0.3) is 10.9 Å². The summed E-state index contributed by atoms with van der Waals surface area (Å²) in [6.07, 6.45) is 1.87. The number of aromatic nitrogens is 1. The molecule has 0 aliphatic heterocycles. The van der Waals surface area contributed by atoms with Gasteiger partial charge in [0.05, 0.1) is 29.8 Å². The van der Waals surface area contributed by atoms with Crippen molar-refractivity contribution < 1.29 is 14.3 Å². The van der Waals surface area contributed by atoms with Gasteiger partial charge < -0.3 is 10.1 Å². The summed E-state index contributed by atoms with van der Waals surface area (Å²) in [6, 6.07) is 17.0. The molecule has 2 aromatic carbocycles. The number of pyridine rings is 1. The van der Waals surface area contributed by atoms with E-state index in [9.17, 15) is 9.59 Å². The lowest BCUT2D eigenvalue weighted by Crippen LogP contribution is -2.43. The number of methoxy groups -OCH3 is 1. The molecule has 0 bridgehead atoms. The van der Waals surface area contributed by atoms with Crippen LogP contribution < -0.4 is 5.32 Å². The first-order valence-electron chi connectivity index (χ1n) is 8.34. The summed E-state index contributed by atoms with van der Waals surface area (Å²) in [7, 11) is 1.28. The number of rotatable bonds is 5. The number of para-hydroxylation sites is 1. The summed E-state index contributed by atoms with van der Waals surface area (Å²) in [5.41, 5.74) is 2.29. The van der Waals surface area contributed by atoms with Crippen molar-refractivity contribution in [2.24, 2.45) is 0 Å². The van der Waals surface area contributed by atoms with Crippen molar-refractivity contribution in [2.75, 3.05) is 7.11 Å². The number of nitrogens with zero attached hydrogens (tertiary/aromatic N) is 2. The summed E-state index contributed by atoms with van der Waals surface area (Å²) in [6.45, 7) is 0. The molecule has 6 nitrogen and oxygen atoms in total. The smallest absolute Gasteiger partial charge is 0.328 e. The first-order chi connectivity index (χ1) is 13.1. The van der Waals surface area contributed by atoms with E-state index in [1.54, 1.807) is 48.7 Å². The molecule has 6 heteroatoms. The average Bonchev–Trinajstić information content (AvgIpc) is 2.72. The fourth-order valence-electron chi connectivity index (χ4n) is 2.81. The minimum Gasteiger partial charge on any atom is -0.467 e. The Bertz CT molecular complexity index is 1020. The molecule has 0 spiro atoms. The van der Waals surface area contributed by atoms with Gasteiger partial charge in [0.2, 0.25) is 0 Å². The number of nitrogens with one attached hydrogen (secondary N) is 1. The molecule has 1 heterocycles. The van der Waals surface area contributed by atoms with Gasteiger partial charge in [-0.3, -0.25) is 9.78 Å². The van der Waals surface area contributed by atoms with E-state index in [2.05, 4.69) is 10.3 Å². The molecule has 1 N–H and O–H groups in total. The Morgan fingerprint density at radius 2 is 1.89 bits per heavy atom. The number of hydrogen-bond acceptors (Lipinski definition) is 5. The Morgan fingerprint density at radius 1 is 1.15 bits per heavy atom. The molecule has 1 amide bonds. The molecule has 3 rings (SSSR count). The summed E-state index contributed by atoms with van der Waals surface area (Å²) in [5, 5.41) is 12.5. The average molecular weight is 359 g/mol. The quantitative estimate of drug-likeness (QED) is 0.707. The standard InChI is InChI=1S/C21H17N3O3/c1-27-21(26)18(12-14-7-9-15(13-22)10-8-14)24-20(25)17-6-2-4-16-5-3-11-23-19(16)17/h2-11,18H,12H2,1H3,(H,24,25)/t18-/m0/s1. The summed E-state index contributed by atoms with van der Waals surface area (Å²) < 4.78 is 4.83. The molecule has 1 aromatic heterocycles. The minimum atomic E-state index is -0.852. The molecule has 0 aliphatic rings. The summed E-state index contributed by atoms with van der Waals surface area (Å²) in [5.74, 6) is -0.941. The van der Waals surface area contributed by atoms with Crippen LogP contribution in [-0.2, 0) is 16.0 Å². The van der Waals surface area contributed by atoms with Crippen LogP contribution in [0.1, 0.15) is 21.5 Å². The second-order valence-electron chi connectivity index (χ2n) is 5.94. The van der Waals surface area contributed by atoms with E-state index < -0.39 is 17.9 Å². The van der Waals surface area contributed by atoms with Crippen LogP contribution in [0, 0.1) is 11.3 Å². The fraction of sp³-hybridized carbons (Fsp3) is 0.143. The molecular formula is C21H17N3O3. The Kier molecular flexibility index (Phi) is 5.43. The Labute approximate surface area is 156 Å². The van der Waals surface area contributed by atoms with Gasteiger partial charge in [0.25, 0.3) is 5.91 Å². The SMILES string of the molecule is COC(=O)[C@H](Cc1ccc(C#N)cc1)NC(=O)c1cccc2cccnc12. The number of esters is 1. The number of nitriles is 1. The van der Waals surface area contributed by atoms with Gasteiger partial charge in [0.15, 0.2) is 0 Å². The van der Waals surface area contributed by atoms with Crippen LogP contribution in [0.2, 0.25) is 0 Å². The number of ether oxygens (including phenoxy) is 1. The van der Waals surface area contributed by atoms with Crippen molar-refractivity contribution in [1.82, 2.24) is 10.3 Å². The van der Waals surface area contributed by atoms with Crippen LogP contribution in [0.15, 0.2) is 60.8 Å². The van der Waals surface area contributed by atoms with Gasteiger partial charge in [-0.15, -0.1) is 0 Å². The molecular weight excluding hydrogens is 342 g/mol. The highest BCUT2D eigenvalue weighted by atomic mass is 16.5. The lowest BCUT2D eigenvalue weighted by atomic mass is 10.0. The van der Waals surface area contributed by atoms with E-state index >= 15 is 0 Å². The normalized spacial score (nSPS) is 11.4. The first-order valence-corrected chi connectivity index (χ1v) is 8.34. The van der Waals surface area contributed by atoms with E-state index in [1.807, 2.05) is 18.2 Å². The number of benzene rings is 2. The third-order valence-electron chi connectivity index (χ3n) is 4.19. The number of amides is 1. The van der Waals surface area contributed by atoms with Crippen LogP contribution in [0.4, 0.5) is 0 Å². The van der Waals surface area contributed by atoms with Crippen LogP contribution in [-0.4, -0.2) is 30.0 Å². The van der Waals surface area contributed by atoms with Crippen molar-refractivity contribution >= 4 is 22.8 Å². The Balaban J connectivity index is 1.84. The highest BCUT2D eigenvalue weighted by molar-refractivity contribution is 6.06. The van der Waals surface area contributed by atoms with Gasteiger partial charge >= 0.3 is 5.97 Å². The zero-order valence-electron chi connectivity index (χ0n) is 14.7. The predicted molar refractivity (Wildman–Crippen MR) is 99.9 cm³/mol. The zero-order chi connectivity index (χ0) is 19.2. The van der Waals surface area contributed by atoms with E-state index in [4.69, 9.17) is 10.00 Å². The topological polar surface area (TPSA) is 92.1 Å². The molecule has 0 saturated heterocycles. The molecule has 27 heavy (non-hydrogen) atoms. The lowest BCUT2D eigenvalue weighted by Gasteiger charge is -2.17. The van der Waals surface area contributed by atoms with Crippen LogP contribution >= 0.6 is 0 Å². The number of carbonyl (C=O) groups excluding carboxylic acids is 2. The first kappa shape index (κ1) is 18.1. The fourth-order valence-corrected chi connectivity index (χ4v) is 2.81. The molecule has 0 saturated carbocycles. The van der Waals surface area contributed by atoms with Crippen molar-refractivity contribution in [3.63, 3.8) is 0 Å². The van der Waals surface area contributed by atoms with Gasteiger partial charge in [-0.25, -0.2) is 4.79 Å². The highest BCUT2D eigenvalue weighted by Crippen LogP contribution is 2.16. The van der Waals surface area contributed by atoms with Gasteiger partial charge in [0.1, 0.15) is 6.04 Å². The van der Waals surface area contributed by atoms with E-state index in [0.29, 0.717) is 16.6 Å². The van der Waals surface area contributed by atoms with Crippen molar-refractivity contribution in [3.8, 4) is 6.07 Å². The zero-order valence-corrected chi connectivity index (χ0v) is 14.7. The maximum absolute atomic E-state index is 12.8. The number of carbonyl (C=O) groups is 2. The van der Waals surface area contributed by atoms with Gasteiger partial charge in [-0.1, -0.05) is 30.3 Å². The van der Waals surface area contributed by atoms with Gasteiger partial charge in [0, 0.05) is 18.0 Å². The molecule has 0 aliphatic carbocycles.